The lowest BCUT2D eigenvalue weighted by Gasteiger charge is -2.28. The minimum absolute atomic E-state index is 0.112. The van der Waals surface area contributed by atoms with Crippen LogP contribution in [0.2, 0.25) is 0 Å². The van der Waals surface area contributed by atoms with Crippen molar-refractivity contribution in [3.05, 3.63) is 64.1 Å². The van der Waals surface area contributed by atoms with Crippen LogP contribution in [0, 0.1) is 0 Å². The van der Waals surface area contributed by atoms with Gasteiger partial charge in [-0.25, -0.2) is 4.99 Å². The van der Waals surface area contributed by atoms with Gasteiger partial charge in [0.25, 0.3) is 0 Å². The molecule has 0 saturated carbocycles. The molecule has 2 aromatic rings. The number of hydrogen-bond donors (Lipinski definition) is 1. The average Bonchev–Trinajstić information content (AvgIpc) is 2.84. The standard InChI is InChI=1S/C17H16BrF2N3O/c1-23-10-17(22-16(23)21,12-3-2-4-13(18)9-12)11-5-7-14(8-6-11)24-15(19)20/h2-9,15H,10H2,1H3,(H2,21,22)/t17-/m0/s1. The third-order valence-corrected chi connectivity index (χ3v) is 4.51. The molecule has 0 aromatic heterocycles. The summed E-state index contributed by atoms with van der Waals surface area (Å²) in [5.74, 6) is 0.546. The maximum atomic E-state index is 12.3. The lowest BCUT2D eigenvalue weighted by atomic mass is 9.83. The van der Waals surface area contributed by atoms with Crippen LogP contribution in [0.1, 0.15) is 11.1 Å². The number of halogens is 3. The summed E-state index contributed by atoms with van der Waals surface area (Å²) in [6.07, 6.45) is 0. The van der Waals surface area contributed by atoms with Gasteiger partial charge in [-0.2, -0.15) is 8.78 Å². The van der Waals surface area contributed by atoms with E-state index in [0.29, 0.717) is 12.5 Å². The molecule has 3 rings (SSSR count). The van der Waals surface area contributed by atoms with Gasteiger partial charge in [0.1, 0.15) is 11.3 Å². The molecule has 1 heterocycles. The van der Waals surface area contributed by atoms with Crippen LogP contribution < -0.4 is 10.5 Å². The number of nitrogens with two attached hydrogens (primary N) is 1. The van der Waals surface area contributed by atoms with Crippen molar-refractivity contribution in [2.24, 2.45) is 10.7 Å². The van der Waals surface area contributed by atoms with E-state index in [4.69, 9.17) is 5.73 Å². The molecule has 7 heteroatoms. The van der Waals surface area contributed by atoms with Crippen molar-refractivity contribution >= 4 is 21.9 Å². The van der Waals surface area contributed by atoms with Gasteiger partial charge in [0, 0.05) is 11.5 Å². The van der Waals surface area contributed by atoms with Gasteiger partial charge in [0.2, 0.25) is 0 Å². The number of rotatable bonds is 4. The predicted octanol–water partition coefficient (Wildman–Crippen LogP) is 3.55. The molecule has 0 aliphatic carbocycles. The smallest absolute Gasteiger partial charge is 0.387 e. The van der Waals surface area contributed by atoms with E-state index < -0.39 is 12.2 Å². The first kappa shape index (κ1) is 16.7. The Hall–Kier alpha value is -2.15. The van der Waals surface area contributed by atoms with E-state index >= 15 is 0 Å². The van der Waals surface area contributed by atoms with Gasteiger partial charge in [-0.15, -0.1) is 0 Å². The fourth-order valence-corrected chi connectivity index (χ4v) is 3.28. The zero-order chi connectivity index (χ0) is 17.3. The average molecular weight is 396 g/mol. The molecule has 0 fully saturated rings. The number of alkyl halides is 2. The van der Waals surface area contributed by atoms with Crippen molar-refractivity contribution in [3.63, 3.8) is 0 Å². The molecule has 1 atom stereocenters. The topological polar surface area (TPSA) is 50.8 Å². The van der Waals surface area contributed by atoms with E-state index in [1.165, 1.54) is 12.1 Å². The number of guanidine groups is 1. The Kier molecular flexibility index (Phi) is 4.45. The van der Waals surface area contributed by atoms with Gasteiger partial charge in [-0.05, 0) is 35.4 Å². The van der Waals surface area contributed by atoms with Crippen molar-refractivity contribution in [1.29, 1.82) is 0 Å². The first-order valence-corrected chi connectivity index (χ1v) is 8.08. The first-order valence-electron chi connectivity index (χ1n) is 7.28. The Bertz CT molecular complexity index is 767. The van der Waals surface area contributed by atoms with Gasteiger partial charge < -0.3 is 15.4 Å². The van der Waals surface area contributed by atoms with Crippen molar-refractivity contribution < 1.29 is 13.5 Å². The highest BCUT2D eigenvalue weighted by molar-refractivity contribution is 9.10. The van der Waals surface area contributed by atoms with Crippen LogP contribution in [0.25, 0.3) is 0 Å². The maximum Gasteiger partial charge on any atom is 0.387 e. The monoisotopic (exact) mass is 395 g/mol. The molecule has 2 aromatic carbocycles. The molecule has 4 nitrogen and oxygen atoms in total. The Balaban J connectivity index is 2.07. The third kappa shape index (κ3) is 3.08. The third-order valence-electron chi connectivity index (χ3n) is 4.02. The van der Waals surface area contributed by atoms with Gasteiger partial charge in [0.05, 0.1) is 6.54 Å². The highest BCUT2D eigenvalue weighted by Crippen LogP contribution is 2.39. The van der Waals surface area contributed by atoms with Crippen LogP contribution in [0.3, 0.4) is 0 Å². The molecular formula is C17H16BrF2N3O. The lowest BCUT2D eigenvalue weighted by molar-refractivity contribution is -0.0498. The molecule has 0 amide bonds. The summed E-state index contributed by atoms with van der Waals surface area (Å²) in [6, 6.07) is 14.4. The second-order valence-corrected chi connectivity index (χ2v) is 6.52. The Morgan fingerprint density at radius 1 is 1.21 bits per heavy atom. The van der Waals surface area contributed by atoms with Crippen molar-refractivity contribution in [2.45, 2.75) is 12.2 Å². The molecule has 1 aliphatic rings. The summed E-state index contributed by atoms with van der Waals surface area (Å²) in [7, 11) is 1.87. The second-order valence-electron chi connectivity index (χ2n) is 5.60. The normalized spacial score (nSPS) is 20.4. The van der Waals surface area contributed by atoms with Gasteiger partial charge >= 0.3 is 6.61 Å². The van der Waals surface area contributed by atoms with Gasteiger partial charge in [-0.3, -0.25) is 0 Å². The quantitative estimate of drug-likeness (QED) is 0.860. The molecular weight excluding hydrogens is 380 g/mol. The van der Waals surface area contributed by atoms with E-state index in [0.717, 1.165) is 15.6 Å². The molecule has 0 bridgehead atoms. The van der Waals surface area contributed by atoms with Crippen molar-refractivity contribution in [3.8, 4) is 5.75 Å². The maximum absolute atomic E-state index is 12.3. The zero-order valence-electron chi connectivity index (χ0n) is 12.9. The van der Waals surface area contributed by atoms with Crippen molar-refractivity contribution in [1.82, 2.24) is 4.90 Å². The predicted molar refractivity (Wildman–Crippen MR) is 92.2 cm³/mol. The van der Waals surface area contributed by atoms with E-state index in [-0.39, 0.29) is 5.75 Å². The molecule has 0 saturated heterocycles. The SMILES string of the molecule is CN1C[C@](c2ccc(OC(F)F)cc2)(c2cccc(Br)c2)N=C1N. The van der Waals surface area contributed by atoms with Crippen LogP contribution in [-0.2, 0) is 5.54 Å². The Labute approximate surface area is 147 Å². The first-order chi connectivity index (χ1) is 11.4. The summed E-state index contributed by atoms with van der Waals surface area (Å²) in [4.78, 5) is 6.55. The summed E-state index contributed by atoms with van der Waals surface area (Å²) in [5.41, 5.74) is 7.13. The van der Waals surface area contributed by atoms with Crippen molar-refractivity contribution in [2.75, 3.05) is 13.6 Å². The molecule has 0 unspecified atom stereocenters. The molecule has 0 radical (unpaired) electrons. The minimum atomic E-state index is -2.85. The number of aliphatic imine (C=N–C) groups is 1. The highest BCUT2D eigenvalue weighted by Gasteiger charge is 2.40. The number of likely N-dealkylation sites (N-methyl/N-ethyl adjacent to an activating group) is 1. The van der Waals surface area contributed by atoms with Gasteiger partial charge in [-0.1, -0.05) is 40.2 Å². The van der Waals surface area contributed by atoms with Crippen LogP contribution >= 0.6 is 15.9 Å². The van der Waals surface area contributed by atoms with Crippen LogP contribution in [0.15, 0.2) is 58.0 Å². The highest BCUT2D eigenvalue weighted by atomic mass is 79.9. The zero-order valence-corrected chi connectivity index (χ0v) is 14.5. The fraction of sp³-hybridized carbons (Fsp3) is 0.235. The Morgan fingerprint density at radius 2 is 1.92 bits per heavy atom. The van der Waals surface area contributed by atoms with E-state index in [9.17, 15) is 8.78 Å². The molecule has 1 aliphatic heterocycles. The van der Waals surface area contributed by atoms with Crippen LogP contribution in [0.5, 0.6) is 5.75 Å². The number of ether oxygens (including phenoxy) is 1. The number of benzene rings is 2. The molecule has 24 heavy (non-hydrogen) atoms. The van der Waals surface area contributed by atoms with Crippen LogP contribution in [-0.4, -0.2) is 31.1 Å². The summed E-state index contributed by atoms with van der Waals surface area (Å²) in [6.45, 7) is -2.29. The lowest BCUT2D eigenvalue weighted by Crippen LogP contribution is -2.34. The van der Waals surface area contributed by atoms with E-state index in [2.05, 4.69) is 25.7 Å². The largest absolute Gasteiger partial charge is 0.435 e. The molecule has 0 spiro atoms. The molecule has 2 N–H and O–H groups in total. The van der Waals surface area contributed by atoms with Crippen LogP contribution in [0.4, 0.5) is 8.78 Å². The second kappa shape index (κ2) is 6.39. The van der Waals surface area contributed by atoms with E-state index in [1.807, 2.05) is 36.2 Å². The summed E-state index contributed by atoms with van der Waals surface area (Å²) >= 11 is 3.48. The van der Waals surface area contributed by atoms with Gasteiger partial charge in [0.15, 0.2) is 5.96 Å². The minimum Gasteiger partial charge on any atom is -0.435 e. The number of hydrogen-bond acceptors (Lipinski definition) is 4. The number of nitrogens with zero attached hydrogens (tertiary/aromatic N) is 2. The Morgan fingerprint density at radius 3 is 2.46 bits per heavy atom. The molecule has 126 valence electrons. The summed E-state index contributed by atoms with van der Waals surface area (Å²) in [5, 5.41) is 0. The van der Waals surface area contributed by atoms with E-state index in [1.54, 1.807) is 12.1 Å². The summed E-state index contributed by atoms with van der Waals surface area (Å²) < 4.78 is 30.0. The fourth-order valence-electron chi connectivity index (χ4n) is 2.88.